The zero-order valence-electron chi connectivity index (χ0n) is 28.7. The number of carboxylic acids is 1. The van der Waals surface area contributed by atoms with E-state index in [1.165, 1.54) is 13.0 Å². The van der Waals surface area contributed by atoms with Crippen LogP contribution >= 0.6 is 0 Å². The van der Waals surface area contributed by atoms with Crippen molar-refractivity contribution in [3.05, 3.63) is 23.8 Å². The number of aliphatic hydroxyl groups is 3. The minimum absolute atomic E-state index is 0.0196. The molecular formula is C32H48FN7O10. The Hall–Kier alpha value is -3.36. The average molecular weight is 710 g/mol. The maximum Gasteiger partial charge on any atom is 0.336 e. The van der Waals surface area contributed by atoms with Crippen molar-refractivity contribution in [2.45, 2.75) is 94.2 Å². The Balaban J connectivity index is 1.29. The van der Waals surface area contributed by atoms with Crippen molar-refractivity contribution < 1.29 is 53.4 Å². The third-order valence-corrected chi connectivity index (χ3v) is 9.68. The summed E-state index contributed by atoms with van der Waals surface area (Å²) in [5.74, 6) is -3.48. The number of carbonyl (C=O) groups is 3. The molecule has 3 aliphatic rings. The van der Waals surface area contributed by atoms with Crippen LogP contribution in [-0.4, -0.2) is 163 Å². The standard InChI is InChI=1S/C32H48FN7O10/c1-18(41)36-23-21(42)12-32(29(46)47,6-8-40-9-10-48-16-31(40)5-7-39(15-31)17-49-30(2,3)4)50-25(23)24(44)22(43)14-35-28(45)19-11-20-26(33)37-38-27(20)34-13-19/h11,13,21-25,42-44H,5-10,12,14-17H2,1-4H3,(H,35,45)(H,36,41)(H,46,47)(H,34,37,38)/t21-,22+,23+,24+,25+,31-,32+/m0/s1. The fourth-order valence-electron chi connectivity index (χ4n) is 6.94. The number of halogens is 1. The Morgan fingerprint density at radius 1 is 1.26 bits per heavy atom. The number of nitrogens with zero attached hydrogens (tertiary/aromatic N) is 4. The molecule has 5 rings (SSSR count). The van der Waals surface area contributed by atoms with Crippen molar-refractivity contribution >= 4 is 28.8 Å². The van der Waals surface area contributed by atoms with Gasteiger partial charge in [-0.05, 0) is 33.3 Å². The molecule has 0 aliphatic carbocycles. The summed E-state index contributed by atoms with van der Waals surface area (Å²) in [6.45, 7) is 10.2. The first-order valence-corrected chi connectivity index (χ1v) is 16.7. The number of rotatable bonds is 12. The van der Waals surface area contributed by atoms with Crippen LogP contribution in [0.5, 0.6) is 0 Å². The molecule has 0 bridgehead atoms. The Morgan fingerprint density at radius 3 is 2.72 bits per heavy atom. The van der Waals surface area contributed by atoms with Gasteiger partial charge in [0.15, 0.2) is 11.2 Å². The quantitative estimate of drug-likeness (QED) is 0.140. The van der Waals surface area contributed by atoms with Gasteiger partial charge in [0.1, 0.15) is 12.2 Å². The Kier molecular flexibility index (Phi) is 11.4. The van der Waals surface area contributed by atoms with Gasteiger partial charge in [-0.1, -0.05) is 0 Å². The van der Waals surface area contributed by atoms with Gasteiger partial charge in [0.25, 0.3) is 5.91 Å². The first-order valence-electron chi connectivity index (χ1n) is 16.7. The topological polar surface area (TPSA) is 232 Å². The van der Waals surface area contributed by atoms with Gasteiger partial charge in [-0.3, -0.25) is 24.5 Å². The van der Waals surface area contributed by atoms with Gasteiger partial charge in [0.2, 0.25) is 11.9 Å². The fourth-order valence-corrected chi connectivity index (χ4v) is 6.94. The number of aliphatic hydroxyl groups excluding tert-OH is 3. The molecule has 50 heavy (non-hydrogen) atoms. The van der Waals surface area contributed by atoms with Crippen LogP contribution in [0.4, 0.5) is 4.39 Å². The highest BCUT2D eigenvalue weighted by atomic mass is 19.1. The number of hydrogen-bond acceptors (Lipinski definition) is 13. The third kappa shape index (κ3) is 8.39. The van der Waals surface area contributed by atoms with E-state index in [0.29, 0.717) is 33.0 Å². The van der Waals surface area contributed by atoms with E-state index >= 15 is 0 Å². The molecule has 2 aromatic heterocycles. The number of nitrogens with one attached hydrogen (secondary N) is 3. The van der Waals surface area contributed by atoms with Crippen LogP contribution in [0.25, 0.3) is 11.0 Å². The summed E-state index contributed by atoms with van der Waals surface area (Å²) in [6.07, 6.45) is -5.20. The van der Waals surface area contributed by atoms with E-state index in [1.807, 2.05) is 20.8 Å². The van der Waals surface area contributed by atoms with Crippen molar-refractivity contribution in [2.75, 3.05) is 52.7 Å². The lowest BCUT2D eigenvalue weighted by atomic mass is 9.81. The second-order valence-electron chi connectivity index (χ2n) is 14.5. The lowest BCUT2D eigenvalue weighted by Gasteiger charge is -2.49. The molecule has 2 amide bonds. The summed E-state index contributed by atoms with van der Waals surface area (Å²) in [4.78, 5) is 46.1. The zero-order chi connectivity index (χ0) is 36.4. The largest absolute Gasteiger partial charge is 0.479 e. The number of ether oxygens (including phenoxy) is 3. The number of likely N-dealkylation sites (tertiary alicyclic amines) is 1. The number of amides is 2. The van der Waals surface area contributed by atoms with Gasteiger partial charge < -0.3 is 45.3 Å². The number of carboxylic acid groups (broad SMARTS) is 1. The van der Waals surface area contributed by atoms with Crippen molar-refractivity contribution in [3.8, 4) is 0 Å². The van der Waals surface area contributed by atoms with E-state index in [4.69, 9.17) is 14.2 Å². The second kappa shape index (κ2) is 15.1. The molecule has 18 heteroatoms. The summed E-state index contributed by atoms with van der Waals surface area (Å²) in [6, 6.07) is -0.0630. The van der Waals surface area contributed by atoms with Crippen molar-refractivity contribution in [3.63, 3.8) is 0 Å². The molecule has 0 unspecified atom stereocenters. The molecular weight excluding hydrogens is 661 g/mol. The maximum atomic E-state index is 13.9. The van der Waals surface area contributed by atoms with E-state index in [-0.39, 0.29) is 40.7 Å². The number of morpholine rings is 1. The monoisotopic (exact) mass is 709 g/mol. The zero-order valence-corrected chi connectivity index (χ0v) is 28.7. The number of carbonyl (C=O) groups excluding carboxylic acids is 2. The summed E-state index contributed by atoms with van der Waals surface area (Å²) in [5, 5.41) is 54.8. The number of aromatic nitrogens is 3. The fraction of sp³-hybridized carbons (Fsp3) is 0.719. The maximum absolute atomic E-state index is 13.9. The second-order valence-corrected chi connectivity index (χ2v) is 14.5. The third-order valence-electron chi connectivity index (χ3n) is 9.68. The van der Waals surface area contributed by atoms with Gasteiger partial charge in [0, 0.05) is 58.7 Å². The van der Waals surface area contributed by atoms with Gasteiger partial charge >= 0.3 is 5.97 Å². The molecule has 2 aromatic rings. The molecule has 7 N–H and O–H groups in total. The first-order chi connectivity index (χ1) is 23.5. The summed E-state index contributed by atoms with van der Waals surface area (Å²) >= 11 is 0. The van der Waals surface area contributed by atoms with E-state index in [0.717, 1.165) is 19.2 Å². The number of hydrogen-bond donors (Lipinski definition) is 7. The predicted octanol–water partition coefficient (Wildman–Crippen LogP) is -1.03. The highest BCUT2D eigenvalue weighted by molar-refractivity contribution is 5.96. The van der Waals surface area contributed by atoms with E-state index < -0.39 is 72.8 Å². The predicted molar refractivity (Wildman–Crippen MR) is 173 cm³/mol. The van der Waals surface area contributed by atoms with Crippen LogP contribution in [0, 0.1) is 5.95 Å². The molecule has 0 saturated carbocycles. The van der Waals surface area contributed by atoms with Crippen LogP contribution in [0.3, 0.4) is 0 Å². The molecule has 3 saturated heterocycles. The lowest BCUT2D eigenvalue weighted by molar-refractivity contribution is -0.231. The lowest BCUT2D eigenvalue weighted by Crippen LogP contribution is -2.68. The number of aliphatic carboxylic acids is 1. The van der Waals surface area contributed by atoms with Crippen LogP contribution in [-0.2, 0) is 23.8 Å². The van der Waals surface area contributed by atoms with Crippen LogP contribution in [0.15, 0.2) is 12.3 Å². The summed E-state index contributed by atoms with van der Waals surface area (Å²) in [5.41, 5.74) is -2.67. The number of aromatic amines is 1. The van der Waals surface area contributed by atoms with Crippen molar-refractivity contribution in [1.82, 2.24) is 35.6 Å². The first kappa shape index (κ1) is 37.9. The minimum atomic E-state index is -1.99. The molecule has 3 aliphatic heterocycles. The summed E-state index contributed by atoms with van der Waals surface area (Å²) in [7, 11) is 0. The summed E-state index contributed by atoms with van der Waals surface area (Å²) < 4.78 is 31.9. The molecule has 17 nitrogen and oxygen atoms in total. The van der Waals surface area contributed by atoms with Crippen LogP contribution in [0.2, 0.25) is 0 Å². The molecule has 0 aromatic carbocycles. The average Bonchev–Trinajstić information content (AvgIpc) is 3.65. The van der Waals surface area contributed by atoms with E-state index in [9.17, 15) is 39.2 Å². The van der Waals surface area contributed by atoms with E-state index in [1.54, 1.807) is 0 Å². The molecule has 3 fully saturated rings. The Morgan fingerprint density at radius 2 is 2.02 bits per heavy atom. The Labute approximate surface area is 288 Å². The number of pyridine rings is 1. The van der Waals surface area contributed by atoms with Crippen LogP contribution in [0.1, 0.15) is 57.3 Å². The highest BCUT2D eigenvalue weighted by Crippen LogP contribution is 2.37. The molecule has 278 valence electrons. The highest BCUT2D eigenvalue weighted by Gasteiger charge is 2.55. The SMILES string of the molecule is CC(=O)N[C@H]1[C@H]([C@H](O)[C@H](O)CNC(=O)c2cnc3n[nH]c(F)c3c2)O[C@@](CCN2CCOC[C@@]23CCN(COC(C)(C)C)C3)(C(=O)O)C[C@@H]1O. The number of fused-ring (bicyclic) bond motifs is 1. The van der Waals surface area contributed by atoms with Crippen molar-refractivity contribution in [2.24, 2.45) is 0 Å². The molecule has 0 radical (unpaired) electrons. The van der Waals surface area contributed by atoms with Gasteiger partial charge in [-0.2, -0.15) is 9.49 Å². The normalized spacial score (nSPS) is 29.2. The van der Waals surface area contributed by atoms with Crippen molar-refractivity contribution in [1.29, 1.82) is 0 Å². The van der Waals surface area contributed by atoms with Crippen LogP contribution < -0.4 is 10.6 Å². The number of H-pyrrole nitrogens is 1. The smallest absolute Gasteiger partial charge is 0.336 e. The molecule has 7 atom stereocenters. The minimum Gasteiger partial charge on any atom is -0.479 e. The Bertz CT molecular complexity index is 1540. The molecule has 5 heterocycles. The van der Waals surface area contributed by atoms with E-state index in [2.05, 4.69) is 35.6 Å². The molecule has 1 spiro atoms. The van der Waals surface area contributed by atoms with Gasteiger partial charge in [-0.15, -0.1) is 0 Å². The van der Waals surface area contributed by atoms with Gasteiger partial charge in [0.05, 0.1) is 60.3 Å². The van der Waals surface area contributed by atoms with Gasteiger partial charge in [-0.25, -0.2) is 9.78 Å².